The number of aromatic nitrogens is 1. The normalized spacial score (nSPS) is 10.3. The summed E-state index contributed by atoms with van der Waals surface area (Å²) in [7, 11) is 0. The smallest absolute Gasteiger partial charge is 0.277 e. The highest BCUT2D eigenvalue weighted by atomic mass is 16.5. The van der Waals surface area contributed by atoms with Gasteiger partial charge in [0.1, 0.15) is 6.26 Å². The number of hydrogen-bond donors (Lipinski definition) is 2. The predicted molar refractivity (Wildman–Crippen MR) is 66.3 cm³/mol. The molecular weight excluding hydrogens is 232 g/mol. The molecule has 0 aliphatic carbocycles. The third-order valence-electron chi connectivity index (χ3n) is 2.48. The molecule has 94 valence electrons. The Bertz CT molecular complexity index is 509. The summed E-state index contributed by atoms with van der Waals surface area (Å²) in [5, 5.41) is 15.1. The lowest BCUT2D eigenvalue weighted by atomic mass is 10.1. The van der Waals surface area contributed by atoms with Crippen LogP contribution >= 0.6 is 0 Å². The van der Waals surface area contributed by atoms with E-state index in [1.807, 2.05) is 18.2 Å². The Kier molecular flexibility index (Phi) is 4.09. The summed E-state index contributed by atoms with van der Waals surface area (Å²) in [6.45, 7) is 0.162. The second-order valence-electron chi connectivity index (χ2n) is 3.87. The van der Waals surface area contributed by atoms with Gasteiger partial charge in [0.05, 0.1) is 0 Å². The van der Waals surface area contributed by atoms with Crippen molar-refractivity contribution >= 4 is 11.6 Å². The molecule has 0 bridgehead atoms. The van der Waals surface area contributed by atoms with Gasteiger partial charge in [-0.2, -0.15) is 0 Å². The molecule has 1 amide bonds. The van der Waals surface area contributed by atoms with E-state index in [-0.39, 0.29) is 18.2 Å². The van der Waals surface area contributed by atoms with E-state index in [2.05, 4.69) is 15.0 Å². The Labute approximate surface area is 104 Å². The molecule has 18 heavy (non-hydrogen) atoms. The van der Waals surface area contributed by atoms with Crippen molar-refractivity contribution in [3.63, 3.8) is 0 Å². The molecule has 0 aliphatic heterocycles. The number of carbonyl (C=O) groups is 1. The Morgan fingerprint density at radius 1 is 1.39 bits per heavy atom. The van der Waals surface area contributed by atoms with Crippen LogP contribution in [0.2, 0.25) is 0 Å². The van der Waals surface area contributed by atoms with Crippen molar-refractivity contribution in [2.75, 3.05) is 11.9 Å². The molecule has 1 heterocycles. The minimum Gasteiger partial charge on any atom is -0.396 e. The number of aryl methyl sites for hydroxylation is 1. The van der Waals surface area contributed by atoms with Crippen LogP contribution in [0, 0.1) is 0 Å². The molecule has 0 unspecified atom stereocenters. The van der Waals surface area contributed by atoms with E-state index < -0.39 is 0 Å². The maximum absolute atomic E-state index is 11.7. The second-order valence-corrected chi connectivity index (χ2v) is 3.87. The third kappa shape index (κ3) is 3.18. The van der Waals surface area contributed by atoms with Gasteiger partial charge in [-0.1, -0.05) is 17.3 Å². The number of carbonyl (C=O) groups excluding carboxylic acids is 1. The molecule has 1 aromatic carbocycles. The number of amides is 1. The van der Waals surface area contributed by atoms with Crippen LogP contribution in [0.4, 0.5) is 5.69 Å². The van der Waals surface area contributed by atoms with Gasteiger partial charge in [0, 0.05) is 18.4 Å². The second kappa shape index (κ2) is 5.97. The fraction of sp³-hybridized carbons (Fsp3) is 0.231. The molecule has 5 heteroatoms. The first kappa shape index (κ1) is 12.3. The highest BCUT2D eigenvalue weighted by molar-refractivity contribution is 6.02. The first-order valence-corrected chi connectivity index (χ1v) is 5.71. The van der Waals surface area contributed by atoms with E-state index in [0.29, 0.717) is 12.1 Å². The van der Waals surface area contributed by atoms with Crippen molar-refractivity contribution in [3.05, 3.63) is 47.9 Å². The number of aliphatic hydroxyl groups is 1. The van der Waals surface area contributed by atoms with Gasteiger partial charge in [-0.05, 0) is 30.5 Å². The first-order valence-electron chi connectivity index (χ1n) is 5.71. The van der Waals surface area contributed by atoms with E-state index in [9.17, 15) is 4.79 Å². The van der Waals surface area contributed by atoms with Crippen molar-refractivity contribution in [1.82, 2.24) is 5.16 Å². The highest BCUT2D eigenvalue weighted by Crippen LogP contribution is 2.13. The van der Waals surface area contributed by atoms with Crippen molar-refractivity contribution in [1.29, 1.82) is 0 Å². The summed E-state index contributed by atoms with van der Waals surface area (Å²) in [5.41, 5.74) is 2.02. The topological polar surface area (TPSA) is 75.4 Å². The molecule has 1 aromatic heterocycles. The molecule has 0 spiro atoms. The fourth-order valence-corrected chi connectivity index (χ4v) is 1.61. The van der Waals surface area contributed by atoms with Gasteiger partial charge in [0.2, 0.25) is 0 Å². The minimum atomic E-state index is -0.303. The van der Waals surface area contributed by atoms with Crippen LogP contribution in [0.3, 0.4) is 0 Å². The average molecular weight is 246 g/mol. The maximum Gasteiger partial charge on any atom is 0.277 e. The maximum atomic E-state index is 11.7. The number of rotatable bonds is 5. The number of aliphatic hydroxyl groups excluding tert-OH is 1. The quantitative estimate of drug-likeness (QED) is 0.844. The summed E-state index contributed by atoms with van der Waals surface area (Å²) in [4.78, 5) is 11.7. The summed E-state index contributed by atoms with van der Waals surface area (Å²) < 4.78 is 4.61. The number of anilines is 1. The zero-order chi connectivity index (χ0) is 12.8. The van der Waals surface area contributed by atoms with Crippen LogP contribution in [-0.2, 0) is 6.42 Å². The van der Waals surface area contributed by atoms with Crippen LogP contribution < -0.4 is 5.32 Å². The Morgan fingerprint density at radius 3 is 3.00 bits per heavy atom. The molecule has 0 fully saturated rings. The van der Waals surface area contributed by atoms with Gasteiger partial charge < -0.3 is 14.9 Å². The minimum absolute atomic E-state index is 0.162. The summed E-state index contributed by atoms with van der Waals surface area (Å²) in [6, 6.07) is 9.02. The lowest BCUT2D eigenvalue weighted by Crippen LogP contribution is -2.12. The monoisotopic (exact) mass is 246 g/mol. The van der Waals surface area contributed by atoms with Gasteiger partial charge in [-0.3, -0.25) is 4.79 Å². The molecule has 5 nitrogen and oxygen atoms in total. The lowest BCUT2D eigenvalue weighted by molar-refractivity contribution is 0.101. The summed E-state index contributed by atoms with van der Waals surface area (Å²) >= 11 is 0. The molecule has 0 saturated heterocycles. The molecule has 0 atom stereocenters. The van der Waals surface area contributed by atoms with Crippen LogP contribution in [0.15, 0.2) is 41.1 Å². The van der Waals surface area contributed by atoms with Crippen molar-refractivity contribution < 1.29 is 14.4 Å². The van der Waals surface area contributed by atoms with Crippen LogP contribution in [-0.4, -0.2) is 22.8 Å². The Balaban J connectivity index is 2.03. The van der Waals surface area contributed by atoms with Crippen molar-refractivity contribution in [2.24, 2.45) is 0 Å². The molecule has 0 radical (unpaired) electrons. The summed E-state index contributed by atoms with van der Waals surface area (Å²) in [6.07, 6.45) is 2.84. The predicted octanol–water partition coefficient (Wildman–Crippen LogP) is 1.85. The van der Waals surface area contributed by atoms with Crippen molar-refractivity contribution in [3.8, 4) is 0 Å². The van der Waals surface area contributed by atoms with Gasteiger partial charge in [0.25, 0.3) is 5.91 Å². The van der Waals surface area contributed by atoms with Crippen LogP contribution in [0.25, 0.3) is 0 Å². The molecular formula is C13H14N2O3. The fourth-order valence-electron chi connectivity index (χ4n) is 1.61. The zero-order valence-corrected chi connectivity index (χ0v) is 9.80. The van der Waals surface area contributed by atoms with E-state index in [0.717, 1.165) is 12.0 Å². The highest BCUT2D eigenvalue weighted by Gasteiger charge is 2.09. The molecule has 0 saturated carbocycles. The van der Waals surface area contributed by atoms with Gasteiger partial charge in [0.15, 0.2) is 5.69 Å². The van der Waals surface area contributed by atoms with E-state index in [4.69, 9.17) is 5.11 Å². The van der Waals surface area contributed by atoms with E-state index >= 15 is 0 Å². The number of hydrogen-bond acceptors (Lipinski definition) is 4. The number of benzene rings is 1. The van der Waals surface area contributed by atoms with Crippen LogP contribution in [0.5, 0.6) is 0 Å². The molecule has 2 aromatic rings. The van der Waals surface area contributed by atoms with Gasteiger partial charge in [-0.25, -0.2) is 0 Å². The molecule has 2 rings (SSSR count). The SMILES string of the molecule is O=C(Nc1cccc(CCCO)c1)c1ccon1. The number of nitrogens with zero attached hydrogens (tertiary/aromatic N) is 1. The zero-order valence-electron chi connectivity index (χ0n) is 9.80. The van der Waals surface area contributed by atoms with Gasteiger partial charge in [-0.15, -0.1) is 0 Å². The third-order valence-corrected chi connectivity index (χ3v) is 2.48. The van der Waals surface area contributed by atoms with E-state index in [1.165, 1.54) is 12.3 Å². The van der Waals surface area contributed by atoms with Gasteiger partial charge >= 0.3 is 0 Å². The van der Waals surface area contributed by atoms with E-state index in [1.54, 1.807) is 6.07 Å². The standard InChI is InChI=1S/C13H14N2O3/c16-7-2-4-10-3-1-5-11(9-10)14-13(17)12-6-8-18-15-12/h1,3,5-6,8-9,16H,2,4,7H2,(H,14,17). The average Bonchev–Trinajstić information content (AvgIpc) is 2.91. The van der Waals surface area contributed by atoms with Crippen molar-refractivity contribution in [2.45, 2.75) is 12.8 Å². The summed E-state index contributed by atoms with van der Waals surface area (Å²) in [5.74, 6) is -0.303. The van der Waals surface area contributed by atoms with Crippen LogP contribution in [0.1, 0.15) is 22.5 Å². The molecule has 0 aliphatic rings. The lowest BCUT2D eigenvalue weighted by Gasteiger charge is -2.05. The largest absolute Gasteiger partial charge is 0.396 e. The number of nitrogens with one attached hydrogen (secondary N) is 1. The Morgan fingerprint density at radius 2 is 2.28 bits per heavy atom. The first-order chi connectivity index (χ1) is 8.79. The molecule has 2 N–H and O–H groups in total. The Hall–Kier alpha value is -2.14.